The zero-order valence-corrected chi connectivity index (χ0v) is 29.6. The third kappa shape index (κ3) is 5.90. The maximum absolute atomic E-state index is 6.23. The highest BCUT2D eigenvalue weighted by molar-refractivity contribution is 6.06. The van der Waals surface area contributed by atoms with Gasteiger partial charge in [-0.25, -0.2) is 0 Å². The van der Waals surface area contributed by atoms with Gasteiger partial charge in [0.2, 0.25) is 0 Å². The minimum absolute atomic E-state index is 0.883. The number of benzene rings is 9. The zero-order chi connectivity index (χ0) is 35.8. The van der Waals surface area contributed by atoms with Gasteiger partial charge in [-0.2, -0.15) is 0 Å². The van der Waals surface area contributed by atoms with Crippen molar-refractivity contribution in [2.75, 3.05) is 4.90 Å². The van der Waals surface area contributed by atoms with Crippen LogP contribution < -0.4 is 4.90 Å². The number of anilines is 3. The molecule has 0 radical (unpaired) electrons. The summed E-state index contributed by atoms with van der Waals surface area (Å²) in [6.07, 6.45) is 0. The van der Waals surface area contributed by atoms with Crippen LogP contribution in [0.1, 0.15) is 0 Å². The monoisotopic (exact) mass is 689 g/mol. The van der Waals surface area contributed by atoms with E-state index in [1.807, 2.05) is 12.1 Å². The van der Waals surface area contributed by atoms with Crippen molar-refractivity contribution in [3.8, 4) is 44.5 Å². The maximum Gasteiger partial charge on any atom is 0.135 e. The fourth-order valence-electron chi connectivity index (χ4n) is 7.66. The molecule has 1 heterocycles. The molecular weight excluding hydrogens is 655 g/mol. The van der Waals surface area contributed by atoms with Crippen molar-refractivity contribution >= 4 is 49.8 Å². The summed E-state index contributed by atoms with van der Waals surface area (Å²) in [6, 6.07) is 76.0. The van der Waals surface area contributed by atoms with Gasteiger partial charge in [0.25, 0.3) is 0 Å². The SMILES string of the molecule is c1ccc(-c2ccc(-c3cccc(N(c4ccc(-c5cccc(-c6ccc7ccccc7c6)c5)cc4)c4ccc5oc6ccccc6c5c4)c3)cc2)cc1. The molecule has 10 aromatic rings. The Labute approximate surface area is 314 Å². The van der Waals surface area contributed by atoms with Crippen LogP contribution in [-0.4, -0.2) is 0 Å². The Morgan fingerprint density at radius 1 is 0.259 bits per heavy atom. The molecule has 54 heavy (non-hydrogen) atoms. The number of rotatable bonds is 7. The van der Waals surface area contributed by atoms with Gasteiger partial charge in [0.05, 0.1) is 0 Å². The molecule has 1 aromatic heterocycles. The molecule has 0 aliphatic carbocycles. The molecule has 0 aliphatic rings. The average molecular weight is 690 g/mol. The average Bonchev–Trinajstić information content (AvgIpc) is 3.62. The molecule has 0 N–H and O–H groups in total. The van der Waals surface area contributed by atoms with Crippen molar-refractivity contribution in [3.05, 3.63) is 212 Å². The van der Waals surface area contributed by atoms with E-state index in [4.69, 9.17) is 4.42 Å². The number of fused-ring (bicyclic) bond motifs is 4. The summed E-state index contributed by atoms with van der Waals surface area (Å²) in [5.41, 5.74) is 14.5. The Bertz CT molecular complexity index is 2920. The van der Waals surface area contributed by atoms with Crippen LogP contribution in [0.5, 0.6) is 0 Å². The molecule has 0 bridgehead atoms. The third-order valence-electron chi connectivity index (χ3n) is 10.5. The van der Waals surface area contributed by atoms with Gasteiger partial charge < -0.3 is 9.32 Å². The van der Waals surface area contributed by atoms with Gasteiger partial charge in [-0.15, -0.1) is 0 Å². The van der Waals surface area contributed by atoms with E-state index >= 15 is 0 Å². The number of nitrogens with zero attached hydrogens (tertiary/aromatic N) is 1. The van der Waals surface area contributed by atoms with Crippen molar-refractivity contribution in [3.63, 3.8) is 0 Å². The lowest BCUT2D eigenvalue weighted by atomic mass is 9.97. The van der Waals surface area contributed by atoms with Gasteiger partial charge in [0.1, 0.15) is 11.2 Å². The van der Waals surface area contributed by atoms with E-state index < -0.39 is 0 Å². The summed E-state index contributed by atoms with van der Waals surface area (Å²) in [6.45, 7) is 0. The van der Waals surface area contributed by atoms with Crippen LogP contribution in [0.3, 0.4) is 0 Å². The van der Waals surface area contributed by atoms with Crippen LogP contribution in [0.25, 0.3) is 77.2 Å². The lowest BCUT2D eigenvalue weighted by molar-refractivity contribution is 0.669. The standard InChI is InChI=1S/C52H35NO/c1-2-10-36(11-3-1)38-20-22-39(23-21-38)44-16-9-17-47(34-44)53(48-30-31-52-50(35-48)49-18-6-7-19-51(49)54-52)46-28-26-40(27-29-46)42-14-8-15-43(32-42)45-25-24-37-12-4-5-13-41(37)33-45/h1-35H. The molecule has 0 amide bonds. The minimum atomic E-state index is 0.883. The minimum Gasteiger partial charge on any atom is -0.456 e. The van der Waals surface area contributed by atoms with Gasteiger partial charge in [-0.3, -0.25) is 0 Å². The molecule has 2 heteroatoms. The summed E-state index contributed by atoms with van der Waals surface area (Å²) < 4.78 is 6.23. The van der Waals surface area contributed by atoms with Gasteiger partial charge in [0.15, 0.2) is 0 Å². The fraction of sp³-hybridized carbons (Fsp3) is 0. The summed E-state index contributed by atoms with van der Waals surface area (Å²) in [7, 11) is 0. The van der Waals surface area contributed by atoms with Gasteiger partial charge >= 0.3 is 0 Å². The lowest BCUT2D eigenvalue weighted by Gasteiger charge is -2.26. The maximum atomic E-state index is 6.23. The van der Waals surface area contributed by atoms with E-state index in [9.17, 15) is 0 Å². The number of hydrogen-bond acceptors (Lipinski definition) is 2. The first kappa shape index (κ1) is 31.6. The largest absolute Gasteiger partial charge is 0.456 e. The van der Waals surface area contributed by atoms with Gasteiger partial charge in [-0.05, 0) is 116 Å². The predicted molar refractivity (Wildman–Crippen MR) is 228 cm³/mol. The molecule has 0 saturated carbocycles. The Kier molecular flexibility index (Phi) is 7.85. The zero-order valence-electron chi connectivity index (χ0n) is 29.6. The fourth-order valence-corrected chi connectivity index (χ4v) is 7.66. The molecule has 9 aromatic carbocycles. The Hall–Kier alpha value is -7.16. The van der Waals surface area contributed by atoms with Crippen LogP contribution in [0.15, 0.2) is 217 Å². The van der Waals surface area contributed by atoms with E-state index in [0.29, 0.717) is 0 Å². The van der Waals surface area contributed by atoms with Crippen molar-refractivity contribution in [2.45, 2.75) is 0 Å². The second-order valence-corrected chi connectivity index (χ2v) is 13.8. The predicted octanol–water partition coefficient (Wildman–Crippen LogP) is 14.9. The first-order valence-electron chi connectivity index (χ1n) is 18.4. The summed E-state index contributed by atoms with van der Waals surface area (Å²) in [4.78, 5) is 2.35. The summed E-state index contributed by atoms with van der Waals surface area (Å²) >= 11 is 0. The van der Waals surface area contributed by atoms with Crippen molar-refractivity contribution < 1.29 is 4.42 Å². The first-order valence-corrected chi connectivity index (χ1v) is 18.4. The van der Waals surface area contributed by atoms with E-state index in [0.717, 1.165) is 44.6 Å². The topological polar surface area (TPSA) is 16.4 Å². The number of para-hydroxylation sites is 1. The molecule has 254 valence electrons. The molecule has 0 spiro atoms. The van der Waals surface area contributed by atoms with Gasteiger partial charge in [-0.1, -0.05) is 152 Å². The van der Waals surface area contributed by atoms with Crippen LogP contribution >= 0.6 is 0 Å². The van der Waals surface area contributed by atoms with Crippen LogP contribution in [0.2, 0.25) is 0 Å². The molecule has 0 unspecified atom stereocenters. The molecule has 0 aliphatic heterocycles. The second-order valence-electron chi connectivity index (χ2n) is 13.8. The molecule has 2 nitrogen and oxygen atoms in total. The Morgan fingerprint density at radius 2 is 0.759 bits per heavy atom. The molecule has 0 atom stereocenters. The molecule has 10 rings (SSSR count). The molecule has 0 fully saturated rings. The summed E-state index contributed by atoms with van der Waals surface area (Å²) in [5, 5.41) is 4.72. The van der Waals surface area contributed by atoms with E-state index in [1.54, 1.807) is 0 Å². The quantitative estimate of drug-likeness (QED) is 0.166. The highest BCUT2D eigenvalue weighted by atomic mass is 16.3. The smallest absolute Gasteiger partial charge is 0.135 e. The molecule has 0 saturated heterocycles. The van der Waals surface area contributed by atoms with Gasteiger partial charge in [0, 0.05) is 27.8 Å². The Morgan fingerprint density at radius 3 is 1.56 bits per heavy atom. The van der Waals surface area contributed by atoms with Crippen molar-refractivity contribution in [1.29, 1.82) is 0 Å². The lowest BCUT2D eigenvalue weighted by Crippen LogP contribution is -2.10. The third-order valence-corrected chi connectivity index (χ3v) is 10.5. The van der Waals surface area contributed by atoms with E-state index in [1.165, 1.54) is 49.7 Å². The van der Waals surface area contributed by atoms with E-state index in [2.05, 4.69) is 205 Å². The highest BCUT2D eigenvalue weighted by Crippen LogP contribution is 2.41. The Balaban J connectivity index is 1.04. The van der Waals surface area contributed by atoms with E-state index in [-0.39, 0.29) is 0 Å². The number of hydrogen-bond donors (Lipinski definition) is 0. The van der Waals surface area contributed by atoms with Crippen LogP contribution in [-0.2, 0) is 0 Å². The van der Waals surface area contributed by atoms with Crippen LogP contribution in [0.4, 0.5) is 17.1 Å². The highest BCUT2D eigenvalue weighted by Gasteiger charge is 2.17. The summed E-state index contributed by atoms with van der Waals surface area (Å²) in [5.74, 6) is 0. The number of furan rings is 1. The van der Waals surface area contributed by atoms with Crippen LogP contribution in [0, 0.1) is 0 Å². The first-order chi connectivity index (χ1) is 26.7. The molecular formula is C52H35NO. The van der Waals surface area contributed by atoms with Crippen molar-refractivity contribution in [1.82, 2.24) is 0 Å². The normalized spacial score (nSPS) is 11.3. The second kappa shape index (κ2) is 13.4. The van der Waals surface area contributed by atoms with Crippen molar-refractivity contribution in [2.24, 2.45) is 0 Å².